The second kappa shape index (κ2) is 4.95. The van der Waals surface area contributed by atoms with Gasteiger partial charge in [-0.3, -0.25) is 4.98 Å². The normalized spacial score (nSPS) is 13.2. The third-order valence-corrected chi connectivity index (χ3v) is 3.73. The van der Waals surface area contributed by atoms with Gasteiger partial charge >= 0.3 is 0 Å². The van der Waals surface area contributed by atoms with Gasteiger partial charge in [0, 0.05) is 28.1 Å². The smallest absolute Gasteiger partial charge is 0.0505 e. The van der Waals surface area contributed by atoms with Gasteiger partial charge in [0.1, 0.15) is 0 Å². The van der Waals surface area contributed by atoms with E-state index in [-0.39, 0.29) is 5.38 Å². The lowest BCUT2D eigenvalue weighted by molar-refractivity contribution is 0.719. The topological polar surface area (TPSA) is 12.9 Å². The van der Waals surface area contributed by atoms with E-state index in [2.05, 4.69) is 29.4 Å². The SMILES string of the molecule is CCCC(Cl)Cc1nccc2sccc12. The highest BCUT2D eigenvalue weighted by Gasteiger charge is 2.09. The lowest BCUT2D eigenvalue weighted by atomic mass is 10.1. The first-order valence-electron chi connectivity index (χ1n) is 5.26. The number of thiophene rings is 1. The van der Waals surface area contributed by atoms with Crippen molar-refractivity contribution in [3.05, 3.63) is 29.4 Å². The van der Waals surface area contributed by atoms with Crippen molar-refractivity contribution in [2.75, 3.05) is 0 Å². The molecule has 0 radical (unpaired) electrons. The fourth-order valence-corrected chi connectivity index (χ4v) is 2.91. The first-order valence-corrected chi connectivity index (χ1v) is 6.58. The van der Waals surface area contributed by atoms with Crippen molar-refractivity contribution < 1.29 is 0 Å². The van der Waals surface area contributed by atoms with Gasteiger partial charge in [0.15, 0.2) is 0 Å². The Morgan fingerprint density at radius 2 is 2.33 bits per heavy atom. The molecule has 1 nitrogen and oxygen atoms in total. The summed E-state index contributed by atoms with van der Waals surface area (Å²) in [7, 11) is 0. The summed E-state index contributed by atoms with van der Waals surface area (Å²) in [6, 6.07) is 4.20. The van der Waals surface area contributed by atoms with E-state index in [1.54, 1.807) is 11.3 Å². The fraction of sp³-hybridized carbons (Fsp3) is 0.417. The van der Waals surface area contributed by atoms with Crippen LogP contribution in [0.1, 0.15) is 25.5 Å². The minimum absolute atomic E-state index is 0.216. The van der Waals surface area contributed by atoms with Crippen LogP contribution in [-0.4, -0.2) is 10.4 Å². The summed E-state index contributed by atoms with van der Waals surface area (Å²) in [5, 5.41) is 3.59. The first kappa shape index (κ1) is 10.9. The molecule has 0 aromatic carbocycles. The van der Waals surface area contributed by atoms with Crippen LogP contribution in [0.2, 0.25) is 0 Å². The highest BCUT2D eigenvalue weighted by Crippen LogP contribution is 2.24. The lowest BCUT2D eigenvalue weighted by Crippen LogP contribution is -2.04. The van der Waals surface area contributed by atoms with Crippen molar-refractivity contribution in [2.24, 2.45) is 0 Å². The maximum Gasteiger partial charge on any atom is 0.0505 e. The zero-order valence-electron chi connectivity index (χ0n) is 8.74. The molecular formula is C12H14ClNS. The van der Waals surface area contributed by atoms with Crippen LogP contribution in [0.4, 0.5) is 0 Å². The molecule has 80 valence electrons. The molecule has 0 amide bonds. The van der Waals surface area contributed by atoms with Gasteiger partial charge in [-0.15, -0.1) is 22.9 Å². The molecule has 0 N–H and O–H groups in total. The number of halogens is 1. The second-order valence-electron chi connectivity index (χ2n) is 3.68. The molecule has 0 aliphatic rings. The van der Waals surface area contributed by atoms with Gasteiger partial charge in [0.2, 0.25) is 0 Å². The van der Waals surface area contributed by atoms with Gasteiger partial charge in [0.25, 0.3) is 0 Å². The molecule has 2 heterocycles. The monoisotopic (exact) mass is 239 g/mol. The van der Waals surface area contributed by atoms with Crippen molar-refractivity contribution in [3.8, 4) is 0 Å². The minimum atomic E-state index is 0.216. The molecule has 2 aromatic rings. The Hall–Kier alpha value is -0.600. The van der Waals surface area contributed by atoms with E-state index in [4.69, 9.17) is 11.6 Å². The number of rotatable bonds is 4. The Kier molecular flexibility index (Phi) is 3.60. The summed E-state index contributed by atoms with van der Waals surface area (Å²) < 4.78 is 1.31. The molecule has 0 saturated heterocycles. The predicted octanol–water partition coefficient (Wildman–Crippen LogP) is 4.25. The number of nitrogens with zero attached hydrogens (tertiary/aromatic N) is 1. The summed E-state index contributed by atoms with van der Waals surface area (Å²) >= 11 is 8.01. The first-order chi connectivity index (χ1) is 7.31. The molecule has 15 heavy (non-hydrogen) atoms. The molecule has 2 rings (SSSR count). The van der Waals surface area contributed by atoms with Crippen LogP contribution in [0.5, 0.6) is 0 Å². The van der Waals surface area contributed by atoms with E-state index in [0.29, 0.717) is 0 Å². The summed E-state index contributed by atoms with van der Waals surface area (Å²) in [6.45, 7) is 2.16. The van der Waals surface area contributed by atoms with Crippen LogP contribution in [0, 0.1) is 0 Å². The van der Waals surface area contributed by atoms with Crippen LogP contribution in [0.15, 0.2) is 23.7 Å². The maximum absolute atomic E-state index is 6.25. The summed E-state index contributed by atoms with van der Waals surface area (Å²) in [4.78, 5) is 4.42. The van der Waals surface area contributed by atoms with Gasteiger partial charge in [0.05, 0.1) is 5.69 Å². The molecular weight excluding hydrogens is 226 g/mol. The Morgan fingerprint density at radius 3 is 3.13 bits per heavy atom. The van der Waals surface area contributed by atoms with Crippen molar-refractivity contribution in [1.29, 1.82) is 0 Å². The quantitative estimate of drug-likeness (QED) is 0.727. The third-order valence-electron chi connectivity index (χ3n) is 2.48. The van der Waals surface area contributed by atoms with Gasteiger partial charge in [-0.25, -0.2) is 0 Å². The zero-order chi connectivity index (χ0) is 10.7. The van der Waals surface area contributed by atoms with Gasteiger partial charge < -0.3 is 0 Å². The van der Waals surface area contributed by atoms with E-state index < -0.39 is 0 Å². The average molecular weight is 240 g/mol. The van der Waals surface area contributed by atoms with Gasteiger partial charge in [-0.2, -0.15) is 0 Å². The molecule has 0 bridgehead atoms. The van der Waals surface area contributed by atoms with Crippen molar-refractivity contribution in [2.45, 2.75) is 31.6 Å². The average Bonchev–Trinajstić information content (AvgIpc) is 2.67. The van der Waals surface area contributed by atoms with Crippen LogP contribution < -0.4 is 0 Å². The number of alkyl halides is 1. The molecule has 0 saturated carbocycles. The molecule has 0 aliphatic heterocycles. The van der Waals surface area contributed by atoms with Crippen LogP contribution in [-0.2, 0) is 6.42 Å². The molecule has 0 spiro atoms. The number of hydrogen-bond donors (Lipinski definition) is 0. The summed E-state index contributed by atoms with van der Waals surface area (Å²) in [5.74, 6) is 0. The molecule has 1 unspecified atom stereocenters. The molecule has 1 atom stereocenters. The highest BCUT2D eigenvalue weighted by molar-refractivity contribution is 7.17. The summed E-state index contributed by atoms with van der Waals surface area (Å²) in [6.07, 6.45) is 4.95. The van der Waals surface area contributed by atoms with Gasteiger partial charge in [-0.1, -0.05) is 13.3 Å². The molecule has 3 heteroatoms. The van der Waals surface area contributed by atoms with Crippen LogP contribution in [0.25, 0.3) is 10.1 Å². The Balaban J connectivity index is 2.23. The van der Waals surface area contributed by atoms with Crippen LogP contribution in [0.3, 0.4) is 0 Å². The largest absolute Gasteiger partial charge is 0.261 e. The second-order valence-corrected chi connectivity index (χ2v) is 5.25. The Labute approximate surface area is 99.1 Å². The lowest BCUT2D eigenvalue weighted by Gasteiger charge is -2.07. The zero-order valence-corrected chi connectivity index (χ0v) is 10.3. The fourth-order valence-electron chi connectivity index (χ4n) is 1.74. The maximum atomic E-state index is 6.25. The van der Waals surface area contributed by atoms with E-state index in [1.807, 2.05) is 6.20 Å². The standard InChI is InChI=1S/C12H14ClNS/c1-2-3-9(13)8-11-10-5-7-15-12(10)4-6-14-11/h4-7,9H,2-3,8H2,1H3. The third kappa shape index (κ3) is 2.50. The van der Waals surface area contributed by atoms with E-state index in [9.17, 15) is 0 Å². The van der Waals surface area contributed by atoms with Crippen molar-refractivity contribution in [3.63, 3.8) is 0 Å². The number of fused-ring (bicyclic) bond motifs is 1. The molecule has 0 fully saturated rings. The summed E-state index contributed by atoms with van der Waals surface area (Å²) in [5.41, 5.74) is 1.14. The number of aromatic nitrogens is 1. The molecule has 2 aromatic heterocycles. The predicted molar refractivity (Wildman–Crippen MR) is 67.9 cm³/mol. The van der Waals surface area contributed by atoms with Crippen molar-refractivity contribution in [1.82, 2.24) is 4.98 Å². The Bertz CT molecular complexity index is 438. The number of pyridine rings is 1. The van der Waals surface area contributed by atoms with E-state index >= 15 is 0 Å². The Morgan fingerprint density at radius 1 is 1.47 bits per heavy atom. The minimum Gasteiger partial charge on any atom is -0.261 e. The number of hydrogen-bond acceptors (Lipinski definition) is 2. The van der Waals surface area contributed by atoms with E-state index in [0.717, 1.165) is 25.0 Å². The van der Waals surface area contributed by atoms with Crippen LogP contribution >= 0.6 is 22.9 Å². The van der Waals surface area contributed by atoms with E-state index in [1.165, 1.54) is 10.1 Å². The van der Waals surface area contributed by atoms with Gasteiger partial charge in [-0.05, 0) is 23.9 Å². The van der Waals surface area contributed by atoms with Crippen molar-refractivity contribution >= 4 is 33.0 Å². The highest BCUT2D eigenvalue weighted by atomic mass is 35.5. The molecule has 0 aliphatic carbocycles.